The number of anilines is 1. The van der Waals surface area contributed by atoms with Crippen molar-refractivity contribution in [1.29, 1.82) is 0 Å². The Balaban J connectivity index is 1.47. The van der Waals surface area contributed by atoms with Crippen molar-refractivity contribution in [3.63, 3.8) is 0 Å². The molecule has 2 saturated carbocycles. The maximum Gasteiger partial charge on any atom is 0.244 e. The Hall–Kier alpha value is -1.69. The Labute approximate surface area is 155 Å². The number of hydrogen-bond donors (Lipinski definition) is 1. The van der Waals surface area contributed by atoms with Crippen LogP contribution in [-0.4, -0.2) is 29.2 Å². The number of likely N-dealkylation sites (tertiary alicyclic amines) is 1. The minimum absolute atomic E-state index is 0.135. The summed E-state index contributed by atoms with van der Waals surface area (Å²) in [6.07, 6.45) is 3.88. The number of hydrogen-bond acceptors (Lipinski definition) is 3. The lowest BCUT2D eigenvalue weighted by atomic mass is 9.81. The van der Waals surface area contributed by atoms with E-state index in [0.29, 0.717) is 11.8 Å². The highest BCUT2D eigenvalue weighted by atomic mass is 79.9. The van der Waals surface area contributed by atoms with Gasteiger partial charge in [-0.1, -0.05) is 22.9 Å². The molecule has 1 heterocycles. The van der Waals surface area contributed by atoms with E-state index in [-0.39, 0.29) is 36.1 Å². The van der Waals surface area contributed by atoms with Gasteiger partial charge in [-0.25, -0.2) is 0 Å². The Morgan fingerprint density at radius 2 is 1.84 bits per heavy atom. The molecular weight excluding hydrogens is 384 g/mol. The summed E-state index contributed by atoms with van der Waals surface area (Å²) in [4.78, 5) is 39.0. The number of rotatable bonds is 4. The van der Waals surface area contributed by atoms with Crippen LogP contribution in [0, 0.1) is 23.7 Å². The van der Waals surface area contributed by atoms with Crippen LogP contribution in [0.25, 0.3) is 0 Å². The lowest BCUT2D eigenvalue weighted by molar-refractivity contribution is -0.143. The highest BCUT2D eigenvalue weighted by Gasteiger charge is 2.60. The molecule has 0 radical (unpaired) electrons. The van der Waals surface area contributed by atoms with Gasteiger partial charge >= 0.3 is 0 Å². The predicted molar refractivity (Wildman–Crippen MR) is 96.7 cm³/mol. The quantitative estimate of drug-likeness (QED) is 0.784. The molecular formula is C19H21BrN2O3. The molecule has 1 saturated heterocycles. The molecule has 3 fully saturated rings. The number of carbonyl (C=O) groups excluding carboxylic acids is 3. The van der Waals surface area contributed by atoms with E-state index in [0.717, 1.165) is 41.4 Å². The molecule has 3 amide bonds. The van der Waals surface area contributed by atoms with Crippen LogP contribution in [0.4, 0.5) is 5.69 Å². The zero-order valence-corrected chi connectivity index (χ0v) is 15.7. The summed E-state index contributed by atoms with van der Waals surface area (Å²) in [5.41, 5.74) is 1.74. The van der Waals surface area contributed by atoms with E-state index in [1.54, 1.807) is 0 Å². The summed E-state index contributed by atoms with van der Waals surface area (Å²) in [5, 5.41) is 2.85. The third kappa shape index (κ3) is 2.71. The number of halogens is 1. The molecule has 2 aliphatic carbocycles. The SMILES string of the molecule is CCc1cc(Br)ccc1NC(=O)CN1C(=O)[C@@H]2[C@H]3CC[C@@H](C3)[C@H]2C1=O. The van der Waals surface area contributed by atoms with Gasteiger partial charge in [0, 0.05) is 10.2 Å². The van der Waals surface area contributed by atoms with Gasteiger partial charge in [-0.05, 0) is 61.3 Å². The monoisotopic (exact) mass is 404 g/mol. The molecule has 132 valence electrons. The van der Waals surface area contributed by atoms with Crippen LogP contribution in [0.5, 0.6) is 0 Å². The zero-order valence-electron chi connectivity index (χ0n) is 14.1. The second kappa shape index (κ2) is 6.24. The van der Waals surface area contributed by atoms with E-state index >= 15 is 0 Å². The Bertz CT molecular complexity index is 735. The lowest BCUT2D eigenvalue weighted by Crippen LogP contribution is -2.39. The van der Waals surface area contributed by atoms with Crippen LogP contribution in [0.3, 0.4) is 0 Å². The summed E-state index contributed by atoms with van der Waals surface area (Å²) >= 11 is 3.42. The fourth-order valence-corrected chi connectivity index (χ4v) is 5.34. The molecule has 0 unspecified atom stereocenters. The highest BCUT2D eigenvalue weighted by molar-refractivity contribution is 9.10. The number of nitrogens with one attached hydrogen (secondary N) is 1. The maximum atomic E-state index is 12.7. The fraction of sp³-hybridized carbons (Fsp3) is 0.526. The number of fused-ring (bicyclic) bond motifs is 5. The molecule has 3 aliphatic rings. The number of carbonyl (C=O) groups is 3. The number of benzene rings is 1. The van der Waals surface area contributed by atoms with E-state index < -0.39 is 0 Å². The van der Waals surface area contributed by atoms with E-state index in [2.05, 4.69) is 21.2 Å². The van der Waals surface area contributed by atoms with Gasteiger partial charge in [0.1, 0.15) is 6.54 Å². The smallest absolute Gasteiger partial charge is 0.244 e. The number of imide groups is 1. The van der Waals surface area contributed by atoms with Gasteiger partial charge in [0.2, 0.25) is 17.7 Å². The fourth-order valence-electron chi connectivity index (χ4n) is 4.94. The predicted octanol–water partition coefficient (Wildman–Crippen LogP) is 2.98. The average molecular weight is 405 g/mol. The van der Waals surface area contributed by atoms with E-state index in [1.165, 1.54) is 4.90 Å². The molecule has 4 rings (SSSR count). The average Bonchev–Trinajstić information content (AvgIpc) is 3.26. The molecule has 5 nitrogen and oxygen atoms in total. The zero-order chi connectivity index (χ0) is 17.7. The number of amides is 3. The van der Waals surface area contributed by atoms with Crippen molar-refractivity contribution in [2.45, 2.75) is 32.6 Å². The third-order valence-electron chi connectivity index (χ3n) is 6.04. The van der Waals surface area contributed by atoms with Crippen molar-refractivity contribution < 1.29 is 14.4 Å². The van der Waals surface area contributed by atoms with Crippen molar-refractivity contribution >= 4 is 39.3 Å². The topological polar surface area (TPSA) is 66.5 Å². The van der Waals surface area contributed by atoms with Gasteiger partial charge in [-0.3, -0.25) is 19.3 Å². The maximum absolute atomic E-state index is 12.7. The second-order valence-electron chi connectivity index (χ2n) is 7.35. The van der Waals surface area contributed by atoms with Crippen molar-refractivity contribution in [3.05, 3.63) is 28.2 Å². The van der Waals surface area contributed by atoms with Crippen molar-refractivity contribution in [2.24, 2.45) is 23.7 Å². The van der Waals surface area contributed by atoms with Gasteiger partial charge in [-0.2, -0.15) is 0 Å². The first-order chi connectivity index (χ1) is 12.0. The van der Waals surface area contributed by atoms with Crippen LogP contribution in [0.2, 0.25) is 0 Å². The number of nitrogens with zero attached hydrogens (tertiary/aromatic N) is 1. The molecule has 1 aromatic rings. The Kier molecular flexibility index (Phi) is 4.18. The summed E-state index contributed by atoms with van der Waals surface area (Å²) < 4.78 is 0.954. The molecule has 1 N–H and O–H groups in total. The van der Waals surface area contributed by atoms with Crippen molar-refractivity contribution in [2.75, 3.05) is 11.9 Å². The van der Waals surface area contributed by atoms with E-state index in [9.17, 15) is 14.4 Å². The second-order valence-corrected chi connectivity index (χ2v) is 8.27. The third-order valence-corrected chi connectivity index (χ3v) is 6.54. The molecule has 4 atom stereocenters. The lowest BCUT2D eigenvalue weighted by Gasteiger charge is -2.19. The molecule has 1 aromatic carbocycles. The first kappa shape index (κ1) is 16.8. The summed E-state index contributed by atoms with van der Waals surface area (Å²) in [5.74, 6) is -0.231. The van der Waals surface area contributed by atoms with Gasteiger partial charge in [0.15, 0.2) is 0 Å². The van der Waals surface area contributed by atoms with Crippen LogP contribution in [0.15, 0.2) is 22.7 Å². The van der Waals surface area contributed by atoms with Crippen molar-refractivity contribution in [3.8, 4) is 0 Å². The van der Waals surface area contributed by atoms with Gasteiger partial charge in [-0.15, -0.1) is 0 Å². The normalized spacial score (nSPS) is 30.1. The first-order valence-corrected chi connectivity index (χ1v) is 9.72. The number of aryl methyl sites for hydroxylation is 1. The standard InChI is InChI=1S/C19H21BrN2O3/c1-2-10-8-13(20)5-6-14(10)21-15(23)9-22-18(24)16-11-3-4-12(7-11)17(16)19(22)25/h5-6,8,11-12,16-17H,2-4,7,9H2,1H3,(H,21,23)/t11-,12-,16+,17+/m0/s1. The molecule has 0 aromatic heterocycles. The van der Waals surface area contributed by atoms with Gasteiger partial charge in [0.25, 0.3) is 0 Å². The highest BCUT2D eigenvalue weighted by Crippen LogP contribution is 2.56. The molecule has 6 heteroatoms. The van der Waals surface area contributed by atoms with Crippen LogP contribution < -0.4 is 5.32 Å². The molecule has 1 aliphatic heterocycles. The summed E-state index contributed by atoms with van der Waals surface area (Å²) in [7, 11) is 0. The van der Waals surface area contributed by atoms with Crippen LogP contribution in [0.1, 0.15) is 31.7 Å². The first-order valence-electron chi connectivity index (χ1n) is 8.93. The molecule has 25 heavy (non-hydrogen) atoms. The van der Waals surface area contributed by atoms with Crippen LogP contribution >= 0.6 is 15.9 Å². The minimum Gasteiger partial charge on any atom is -0.324 e. The van der Waals surface area contributed by atoms with E-state index in [4.69, 9.17) is 0 Å². The minimum atomic E-state index is -0.314. The molecule has 2 bridgehead atoms. The Morgan fingerprint density at radius 1 is 1.20 bits per heavy atom. The van der Waals surface area contributed by atoms with Crippen molar-refractivity contribution in [1.82, 2.24) is 4.90 Å². The Morgan fingerprint density at radius 3 is 2.44 bits per heavy atom. The van der Waals surface area contributed by atoms with Crippen LogP contribution in [-0.2, 0) is 20.8 Å². The largest absolute Gasteiger partial charge is 0.324 e. The van der Waals surface area contributed by atoms with Gasteiger partial charge < -0.3 is 5.32 Å². The molecule has 0 spiro atoms. The van der Waals surface area contributed by atoms with E-state index in [1.807, 2.05) is 25.1 Å². The van der Waals surface area contributed by atoms with Gasteiger partial charge in [0.05, 0.1) is 11.8 Å². The summed E-state index contributed by atoms with van der Waals surface area (Å²) in [6.45, 7) is 1.84. The summed E-state index contributed by atoms with van der Waals surface area (Å²) in [6, 6.07) is 5.66.